The van der Waals surface area contributed by atoms with Gasteiger partial charge in [-0.25, -0.2) is 9.66 Å². The SMILES string of the molecule is Cc1occc1-c1nnc(Sc2ccc(C(=O)c3nccn3C)cc2[N+](=O)[O-])n1N. The number of carbonyl (C=O) groups excluding carboxylic acids is 1. The summed E-state index contributed by atoms with van der Waals surface area (Å²) in [6.45, 7) is 1.76. The van der Waals surface area contributed by atoms with Gasteiger partial charge in [0, 0.05) is 31.1 Å². The van der Waals surface area contributed by atoms with Crippen LogP contribution in [0.4, 0.5) is 5.69 Å². The molecule has 3 aromatic heterocycles. The predicted octanol–water partition coefficient (Wildman–Crippen LogP) is 2.58. The molecule has 0 unspecified atom stereocenters. The Hall–Kier alpha value is -3.93. The minimum absolute atomic E-state index is 0.157. The molecule has 2 N–H and O–H groups in total. The summed E-state index contributed by atoms with van der Waals surface area (Å²) in [5, 5.41) is 20.0. The summed E-state index contributed by atoms with van der Waals surface area (Å²) in [6, 6.07) is 5.91. The smallest absolute Gasteiger partial charge is 0.284 e. The molecular weight excluding hydrogens is 410 g/mol. The molecule has 0 amide bonds. The number of nitro groups is 1. The zero-order valence-electron chi connectivity index (χ0n) is 15.8. The molecule has 0 aliphatic heterocycles. The van der Waals surface area contributed by atoms with E-state index in [1.807, 2.05) is 0 Å². The third-order valence-electron chi connectivity index (χ3n) is 4.41. The molecule has 0 fully saturated rings. The van der Waals surface area contributed by atoms with Crippen LogP contribution in [-0.4, -0.2) is 35.1 Å². The Balaban J connectivity index is 1.68. The number of carbonyl (C=O) groups is 1. The summed E-state index contributed by atoms with van der Waals surface area (Å²) in [4.78, 5) is 28.0. The maximum Gasteiger partial charge on any atom is 0.284 e. The van der Waals surface area contributed by atoms with Crippen LogP contribution in [0.1, 0.15) is 21.9 Å². The average molecular weight is 425 g/mol. The molecule has 0 spiro atoms. The fraction of sp³-hybridized carbons (Fsp3) is 0.111. The van der Waals surface area contributed by atoms with E-state index in [-0.39, 0.29) is 27.1 Å². The quantitative estimate of drug-likeness (QED) is 0.213. The van der Waals surface area contributed by atoms with Crippen molar-refractivity contribution < 1.29 is 14.1 Å². The lowest BCUT2D eigenvalue weighted by atomic mass is 10.1. The first-order chi connectivity index (χ1) is 14.4. The van der Waals surface area contributed by atoms with Crippen LogP contribution in [0.15, 0.2) is 57.4 Å². The predicted molar refractivity (Wildman–Crippen MR) is 106 cm³/mol. The number of rotatable bonds is 6. The molecule has 11 nitrogen and oxygen atoms in total. The number of aryl methyl sites for hydroxylation is 2. The van der Waals surface area contributed by atoms with Gasteiger partial charge in [-0.1, -0.05) is 0 Å². The van der Waals surface area contributed by atoms with Gasteiger partial charge >= 0.3 is 0 Å². The number of ketones is 1. The molecular formula is C18H15N7O4S. The second-order valence-corrected chi connectivity index (χ2v) is 7.31. The lowest BCUT2D eigenvalue weighted by molar-refractivity contribution is -0.387. The molecule has 12 heteroatoms. The highest BCUT2D eigenvalue weighted by atomic mass is 32.2. The van der Waals surface area contributed by atoms with Gasteiger partial charge in [-0.3, -0.25) is 14.9 Å². The van der Waals surface area contributed by atoms with Gasteiger partial charge in [-0.15, -0.1) is 10.2 Å². The molecule has 152 valence electrons. The molecule has 0 saturated heterocycles. The fourth-order valence-electron chi connectivity index (χ4n) is 2.85. The van der Waals surface area contributed by atoms with Crippen molar-refractivity contribution in [1.29, 1.82) is 0 Å². The van der Waals surface area contributed by atoms with E-state index in [1.165, 1.54) is 35.3 Å². The molecule has 4 rings (SSSR count). The number of nitro benzene ring substituents is 1. The van der Waals surface area contributed by atoms with Crippen LogP contribution in [0.25, 0.3) is 11.4 Å². The number of furan rings is 1. The Kier molecular flexibility index (Phi) is 4.83. The number of nitrogens with zero attached hydrogens (tertiary/aromatic N) is 6. The van der Waals surface area contributed by atoms with Crippen molar-refractivity contribution in [3.05, 3.63) is 70.2 Å². The third-order valence-corrected chi connectivity index (χ3v) is 5.43. The van der Waals surface area contributed by atoms with Crippen molar-refractivity contribution in [2.24, 2.45) is 7.05 Å². The summed E-state index contributed by atoms with van der Waals surface area (Å²) in [5.41, 5.74) is 0.579. The van der Waals surface area contributed by atoms with Crippen LogP contribution in [0.2, 0.25) is 0 Å². The van der Waals surface area contributed by atoms with Crippen LogP contribution >= 0.6 is 11.8 Å². The van der Waals surface area contributed by atoms with Gasteiger partial charge in [0.25, 0.3) is 5.69 Å². The molecule has 0 aliphatic rings. The molecule has 4 aromatic rings. The number of hydrogen-bond acceptors (Lipinski definition) is 9. The van der Waals surface area contributed by atoms with Gasteiger partial charge in [0.15, 0.2) is 11.6 Å². The lowest BCUT2D eigenvalue weighted by Gasteiger charge is -2.06. The van der Waals surface area contributed by atoms with E-state index < -0.39 is 10.7 Å². The van der Waals surface area contributed by atoms with Crippen LogP contribution in [0.5, 0.6) is 0 Å². The van der Waals surface area contributed by atoms with E-state index >= 15 is 0 Å². The highest BCUT2D eigenvalue weighted by Crippen LogP contribution is 2.35. The lowest BCUT2D eigenvalue weighted by Crippen LogP contribution is -2.12. The standard InChI is InChI=1S/C18H15N7O4S/c1-10-12(5-8-29-10)16-21-22-18(24(16)19)30-14-4-3-11(9-13(14)25(27)28)15(26)17-20-6-7-23(17)2/h3-9H,19H2,1-2H3. The monoisotopic (exact) mass is 425 g/mol. The molecule has 0 saturated carbocycles. The van der Waals surface area contributed by atoms with Crippen LogP contribution < -0.4 is 5.84 Å². The minimum atomic E-state index is -0.560. The Morgan fingerprint density at radius 2 is 2.10 bits per heavy atom. The Labute approximate surface area is 173 Å². The molecule has 0 bridgehead atoms. The van der Waals surface area contributed by atoms with E-state index in [4.69, 9.17) is 10.3 Å². The van der Waals surface area contributed by atoms with Gasteiger partial charge < -0.3 is 14.8 Å². The Morgan fingerprint density at radius 1 is 1.30 bits per heavy atom. The zero-order valence-corrected chi connectivity index (χ0v) is 16.7. The summed E-state index contributed by atoms with van der Waals surface area (Å²) in [7, 11) is 1.67. The Bertz CT molecular complexity index is 1270. The molecule has 30 heavy (non-hydrogen) atoms. The van der Waals surface area contributed by atoms with Crippen LogP contribution in [-0.2, 0) is 7.05 Å². The molecule has 0 aliphatic carbocycles. The first-order valence-electron chi connectivity index (χ1n) is 8.60. The average Bonchev–Trinajstić information content (AvgIpc) is 3.42. The summed E-state index contributed by atoms with van der Waals surface area (Å²) in [5.74, 6) is 6.85. The molecule has 1 aromatic carbocycles. The highest BCUT2D eigenvalue weighted by Gasteiger charge is 2.23. The van der Waals surface area contributed by atoms with Crippen molar-refractivity contribution in [1.82, 2.24) is 24.4 Å². The summed E-state index contributed by atoms with van der Waals surface area (Å²) >= 11 is 0.974. The van der Waals surface area contributed by atoms with Crippen LogP contribution in [0, 0.1) is 17.0 Å². The van der Waals surface area contributed by atoms with Crippen LogP contribution in [0.3, 0.4) is 0 Å². The molecule has 0 atom stereocenters. The Morgan fingerprint density at radius 3 is 2.73 bits per heavy atom. The molecule has 3 heterocycles. The van der Waals surface area contributed by atoms with Gasteiger partial charge in [0.2, 0.25) is 10.9 Å². The number of imidazole rings is 1. The van der Waals surface area contributed by atoms with E-state index in [1.54, 1.807) is 30.8 Å². The van der Waals surface area contributed by atoms with Crippen molar-refractivity contribution in [2.45, 2.75) is 17.0 Å². The fourth-order valence-corrected chi connectivity index (χ4v) is 3.68. The third kappa shape index (κ3) is 3.33. The van der Waals surface area contributed by atoms with Crippen molar-refractivity contribution >= 4 is 23.2 Å². The van der Waals surface area contributed by atoms with Gasteiger partial charge in [-0.2, -0.15) is 0 Å². The largest absolute Gasteiger partial charge is 0.469 e. The number of nitrogen functional groups attached to an aromatic ring is 1. The summed E-state index contributed by atoms with van der Waals surface area (Å²) in [6.07, 6.45) is 4.62. The van der Waals surface area contributed by atoms with E-state index in [0.717, 1.165) is 11.8 Å². The number of nitrogens with two attached hydrogens (primary N) is 1. The van der Waals surface area contributed by atoms with E-state index in [0.29, 0.717) is 17.1 Å². The van der Waals surface area contributed by atoms with E-state index in [2.05, 4.69) is 15.2 Å². The number of benzene rings is 1. The van der Waals surface area contributed by atoms with Crippen molar-refractivity contribution in [3.63, 3.8) is 0 Å². The van der Waals surface area contributed by atoms with Gasteiger partial charge in [-0.05, 0) is 36.9 Å². The second-order valence-electron chi connectivity index (χ2n) is 6.30. The van der Waals surface area contributed by atoms with E-state index in [9.17, 15) is 14.9 Å². The normalized spacial score (nSPS) is 11.0. The topological polar surface area (TPSA) is 148 Å². The minimum Gasteiger partial charge on any atom is -0.469 e. The maximum absolute atomic E-state index is 12.6. The molecule has 0 radical (unpaired) electrons. The zero-order chi connectivity index (χ0) is 21.4. The number of hydrogen-bond donors (Lipinski definition) is 1. The second kappa shape index (κ2) is 7.48. The highest BCUT2D eigenvalue weighted by molar-refractivity contribution is 7.99. The van der Waals surface area contributed by atoms with Gasteiger partial charge in [0.05, 0.1) is 21.6 Å². The maximum atomic E-state index is 12.6. The van der Waals surface area contributed by atoms with Crippen molar-refractivity contribution in [2.75, 3.05) is 5.84 Å². The first kappa shape index (κ1) is 19.4. The number of aromatic nitrogens is 5. The van der Waals surface area contributed by atoms with Crippen molar-refractivity contribution in [3.8, 4) is 11.4 Å². The first-order valence-corrected chi connectivity index (χ1v) is 9.41. The summed E-state index contributed by atoms with van der Waals surface area (Å²) < 4.78 is 8.04. The van der Waals surface area contributed by atoms with Gasteiger partial charge in [0.1, 0.15) is 5.76 Å².